The number of hydrogen-bond donors (Lipinski definition) is 0. The molecule has 106 valence electrons. The van der Waals surface area contributed by atoms with Gasteiger partial charge in [-0.3, -0.25) is 9.59 Å². The number of amides is 1. The van der Waals surface area contributed by atoms with E-state index in [1.54, 1.807) is 4.90 Å². The van der Waals surface area contributed by atoms with E-state index in [9.17, 15) is 9.59 Å². The van der Waals surface area contributed by atoms with Gasteiger partial charge in [0.05, 0.1) is 6.42 Å². The summed E-state index contributed by atoms with van der Waals surface area (Å²) in [6.45, 7) is 2.06. The van der Waals surface area contributed by atoms with Crippen molar-refractivity contribution in [1.82, 2.24) is 0 Å². The number of para-hydroxylation sites is 1. The Bertz CT molecular complexity index is 679. The summed E-state index contributed by atoms with van der Waals surface area (Å²) in [6, 6.07) is 18.1. The molecule has 1 atom stereocenters. The van der Waals surface area contributed by atoms with Crippen molar-refractivity contribution in [3.63, 3.8) is 0 Å². The number of nitrogens with zero attached hydrogens (tertiary/aromatic N) is 1. The lowest BCUT2D eigenvalue weighted by molar-refractivity contribution is -0.125. The normalized spacial score (nSPS) is 16.6. The summed E-state index contributed by atoms with van der Waals surface area (Å²) in [5.74, 6) is -0.0349. The molecule has 0 radical (unpaired) electrons. The van der Waals surface area contributed by atoms with E-state index in [0.29, 0.717) is 6.54 Å². The van der Waals surface area contributed by atoms with E-state index in [2.05, 4.69) is 18.2 Å². The molecular weight excluding hydrogens is 262 g/mol. The van der Waals surface area contributed by atoms with Gasteiger partial charge in [-0.05, 0) is 24.1 Å². The number of fused-ring (bicyclic) bond motifs is 1. The van der Waals surface area contributed by atoms with Crippen molar-refractivity contribution in [1.29, 1.82) is 0 Å². The largest absolute Gasteiger partial charge is 0.311 e. The standard InChI is InChI=1S/C18H17NO2/c1-13(20)11-18(21)19-12-16(14-7-3-2-4-8-14)15-9-5-6-10-17(15)19/h2-10,16H,11-12H2,1H3. The monoisotopic (exact) mass is 279 g/mol. The third kappa shape index (κ3) is 2.59. The van der Waals surface area contributed by atoms with Crippen LogP contribution in [-0.4, -0.2) is 18.2 Å². The van der Waals surface area contributed by atoms with E-state index >= 15 is 0 Å². The molecule has 2 aromatic rings. The molecule has 1 aliphatic rings. The van der Waals surface area contributed by atoms with Crippen LogP contribution in [0.15, 0.2) is 54.6 Å². The fourth-order valence-corrected chi connectivity index (χ4v) is 2.92. The molecule has 0 saturated carbocycles. The lowest BCUT2D eigenvalue weighted by Crippen LogP contribution is -2.31. The lowest BCUT2D eigenvalue weighted by atomic mass is 9.93. The third-order valence-electron chi connectivity index (χ3n) is 3.87. The predicted octanol–water partition coefficient (Wildman–Crippen LogP) is 3.14. The average molecular weight is 279 g/mol. The first-order valence-electron chi connectivity index (χ1n) is 7.10. The maximum absolute atomic E-state index is 12.3. The summed E-state index contributed by atoms with van der Waals surface area (Å²) in [5, 5.41) is 0. The van der Waals surface area contributed by atoms with E-state index in [1.807, 2.05) is 36.4 Å². The second kappa shape index (κ2) is 5.52. The molecule has 2 aromatic carbocycles. The van der Waals surface area contributed by atoms with Crippen molar-refractivity contribution in [2.45, 2.75) is 19.3 Å². The van der Waals surface area contributed by atoms with Gasteiger partial charge in [0.25, 0.3) is 0 Å². The lowest BCUT2D eigenvalue weighted by Gasteiger charge is -2.17. The molecule has 1 amide bonds. The Morgan fingerprint density at radius 2 is 1.71 bits per heavy atom. The highest BCUT2D eigenvalue weighted by atomic mass is 16.2. The number of ketones is 1. The van der Waals surface area contributed by atoms with Gasteiger partial charge < -0.3 is 4.90 Å². The van der Waals surface area contributed by atoms with E-state index in [0.717, 1.165) is 11.3 Å². The predicted molar refractivity (Wildman–Crippen MR) is 82.4 cm³/mol. The van der Waals surface area contributed by atoms with Crippen molar-refractivity contribution in [3.05, 3.63) is 65.7 Å². The van der Waals surface area contributed by atoms with Gasteiger partial charge in [0.1, 0.15) is 5.78 Å². The minimum Gasteiger partial charge on any atom is -0.311 e. The second-order valence-electron chi connectivity index (χ2n) is 5.41. The van der Waals surface area contributed by atoms with E-state index in [-0.39, 0.29) is 24.0 Å². The van der Waals surface area contributed by atoms with Crippen LogP contribution in [0.3, 0.4) is 0 Å². The van der Waals surface area contributed by atoms with Crippen LogP contribution >= 0.6 is 0 Å². The second-order valence-corrected chi connectivity index (χ2v) is 5.41. The minimum atomic E-state index is -0.117. The molecule has 1 aliphatic heterocycles. The van der Waals surface area contributed by atoms with Crippen LogP contribution in [0.4, 0.5) is 5.69 Å². The molecule has 0 saturated heterocycles. The number of hydrogen-bond acceptors (Lipinski definition) is 2. The van der Waals surface area contributed by atoms with Gasteiger partial charge in [-0.25, -0.2) is 0 Å². The molecule has 3 nitrogen and oxygen atoms in total. The molecule has 3 heteroatoms. The Hall–Kier alpha value is -2.42. The summed E-state index contributed by atoms with van der Waals surface area (Å²) in [5.41, 5.74) is 3.28. The zero-order chi connectivity index (χ0) is 14.8. The van der Waals surface area contributed by atoms with Crippen molar-refractivity contribution in [3.8, 4) is 0 Å². The van der Waals surface area contributed by atoms with Gasteiger partial charge in [0.2, 0.25) is 5.91 Å². The maximum atomic E-state index is 12.3. The summed E-state index contributed by atoms with van der Waals surface area (Å²) in [7, 11) is 0. The number of carbonyl (C=O) groups is 2. The molecule has 3 rings (SSSR count). The van der Waals surface area contributed by atoms with E-state index < -0.39 is 0 Å². The smallest absolute Gasteiger partial charge is 0.234 e. The number of benzene rings is 2. The Morgan fingerprint density at radius 1 is 1.05 bits per heavy atom. The Morgan fingerprint density at radius 3 is 2.43 bits per heavy atom. The Balaban J connectivity index is 1.97. The number of carbonyl (C=O) groups excluding carboxylic acids is 2. The molecule has 1 heterocycles. The maximum Gasteiger partial charge on any atom is 0.234 e. The van der Waals surface area contributed by atoms with Gasteiger partial charge in [0.15, 0.2) is 0 Å². The first-order valence-corrected chi connectivity index (χ1v) is 7.10. The Labute approximate surface area is 124 Å². The van der Waals surface area contributed by atoms with Crippen molar-refractivity contribution >= 4 is 17.4 Å². The van der Waals surface area contributed by atoms with Gasteiger partial charge in [-0.15, -0.1) is 0 Å². The van der Waals surface area contributed by atoms with Gasteiger partial charge >= 0.3 is 0 Å². The molecule has 0 aliphatic carbocycles. The highest BCUT2D eigenvalue weighted by Crippen LogP contribution is 2.40. The van der Waals surface area contributed by atoms with E-state index in [4.69, 9.17) is 0 Å². The van der Waals surface area contributed by atoms with Gasteiger partial charge in [-0.1, -0.05) is 48.5 Å². The van der Waals surface area contributed by atoms with Crippen LogP contribution in [-0.2, 0) is 9.59 Å². The van der Waals surface area contributed by atoms with Crippen LogP contribution in [0.2, 0.25) is 0 Å². The molecular formula is C18H17NO2. The fourth-order valence-electron chi connectivity index (χ4n) is 2.92. The quantitative estimate of drug-likeness (QED) is 0.809. The summed E-state index contributed by atoms with van der Waals surface area (Å²) < 4.78 is 0. The molecule has 0 fully saturated rings. The average Bonchev–Trinajstić information content (AvgIpc) is 2.87. The molecule has 0 spiro atoms. The summed E-state index contributed by atoms with van der Waals surface area (Å²) in [6.07, 6.45) is -0.0319. The fraction of sp³-hybridized carbons (Fsp3) is 0.222. The van der Waals surface area contributed by atoms with Crippen molar-refractivity contribution in [2.24, 2.45) is 0 Å². The highest BCUT2D eigenvalue weighted by Gasteiger charge is 2.32. The molecule has 1 unspecified atom stereocenters. The van der Waals surface area contributed by atoms with Crippen LogP contribution in [0, 0.1) is 0 Å². The number of rotatable bonds is 3. The minimum absolute atomic E-state index is 0.0319. The number of Topliss-reactive ketones (excluding diaryl/α,β-unsaturated/α-hetero) is 1. The van der Waals surface area contributed by atoms with Gasteiger partial charge in [-0.2, -0.15) is 0 Å². The Kier molecular flexibility index (Phi) is 3.57. The topological polar surface area (TPSA) is 37.4 Å². The first kappa shape index (κ1) is 13.6. The molecule has 21 heavy (non-hydrogen) atoms. The van der Waals surface area contributed by atoms with Gasteiger partial charge in [0, 0.05) is 18.2 Å². The van der Waals surface area contributed by atoms with Crippen LogP contribution < -0.4 is 4.90 Å². The zero-order valence-corrected chi connectivity index (χ0v) is 12.0. The third-order valence-corrected chi connectivity index (χ3v) is 3.87. The SMILES string of the molecule is CC(=O)CC(=O)N1CC(c2ccccc2)c2ccccc21. The van der Waals surface area contributed by atoms with E-state index in [1.165, 1.54) is 12.5 Å². The molecule has 0 N–H and O–H groups in total. The zero-order valence-electron chi connectivity index (χ0n) is 12.0. The van der Waals surface area contributed by atoms with Crippen LogP contribution in [0.1, 0.15) is 30.4 Å². The molecule has 0 bridgehead atoms. The summed E-state index contributed by atoms with van der Waals surface area (Å²) >= 11 is 0. The van der Waals surface area contributed by atoms with Crippen molar-refractivity contribution < 1.29 is 9.59 Å². The van der Waals surface area contributed by atoms with Crippen LogP contribution in [0.25, 0.3) is 0 Å². The number of anilines is 1. The summed E-state index contributed by atoms with van der Waals surface area (Å²) in [4.78, 5) is 25.3. The first-order chi connectivity index (χ1) is 10.2. The highest BCUT2D eigenvalue weighted by molar-refractivity contribution is 6.06. The van der Waals surface area contributed by atoms with Crippen molar-refractivity contribution in [2.75, 3.05) is 11.4 Å². The van der Waals surface area contributed by atoms with Crippen LogP contribution in [0.5, 0.6) is 0 Å². The molecule has 0 aromatic heterocycles.